The number of fused-ring (bicyclic) bond motifs is 1. The van der Waals surface area contributed by atoms with Gasteiger partial charge < -0.3 is 10.5 Å². The van der Waals surface area contributed by atoms with Gasteiger partial charge in [0.25, 0.3) is 0 Å². The number of primary amides is 1. The molecule has 8 heteroatoms. The van der Waals surface area contributed by atoms with E-state index in [1.165, 1.54) is 16.8 Å². The number of alkyl halides is 2. The van der Waals surface area contributed by atoms with E-state index in [0.717, 1.165) is 12.1 Å². The number of hydrogen-bond donors (Lipinski definition) is 1. The molecule has 1 heterocycles. The number of carbonyl (C=O) groups is 1. The van der Waals surface area contributed by atoms with E-state index in [1.807, 2.05) is 0 Å². The monoisotopic (exact) mass is 373 g/mol. The lowest BCUT2D eigenvalue weighted by atomic mass is 10.00. The van der Waals surface area contributed by atoms with Crippen LogP contribution in [0.4, 0.5) is 13.2 Å². The molecule has 1 aromatic heterocycles. The van der Waals surface area contributed by atoms with Crippen LogP contribution in [0.15, 0.2) is 30.3 Å². The summed E-state index contributed by atoms with van der Waals surface area (Å²) in [5.41, 5.74) is 6.58. The molecule has 2 N–H and O–H groups in total. The number of hydrogen-bond acceptors (Lipinski definition) is 3. The number of benzene rings is 2. The van der Waals surface area contributed by atoms with Crippen molar-refractivity contribution in [2.24, 2.45) is 5.73 Å². The summed E-state index contributed by atoms with van der Waals surface area (Å²) in [6, 6.07) is 6.54. The zero-order valence-electron chi connectivity index (χ0n) is 14.2. The number of ether oxygens (including phenoxy) is 1. The van der Waals surface area contributed by atoms with Crippen molar-refractivity contribution in [3.05, 3.63) is 47.3 Å². The second-order valence-electron chi connectivity index (χ2n) is 5.80. The Hall–Kier alpha value is -3.47. The Kier molecular flexibility index (Phi) is 4.77. The van der Waals surface area contributed by atoms with Gasteiger partial charge in [0, 0.05) is 16.5 Å². The van der Waals surface area contributed by atoms with Crippen LogP contribution in [0.2, 0.25) is 0 Å². The maximum Gasteiger partial charge on any atom is 0.387 e. The van der Waals surface area contributed by atoms with Crippen LogP contribution in [0.25, 0.3) is 22.2 Å². The molecule has 5 nitrogen and oxygen atoms in total. The first-order valence-corrected chi connectivity index (χ1v) is 7.81. The molecule has 27 heavy (non-hydrogen) atoms. The number of aryl methyl sites for hydroxylation is 1. The minimum atomic E-state index is -3.05. The van der Waals surface area contributed by atoms with E-state index in [2.05, 4.69) is 15.8 Å². The van der Waals surface area contributed by atoms with Crippen LogP contribution in [-0.2, 0) is 6.54 Å². The van der Waals surface area contributed by atoms with Crippen LogP contribution in [0.5, 0.6) is 5.75 Å². The second kappa shape index (κ2) is 7.03. The topological polar surface area (TPSA) is 70.1 Å². The summed E-state index contributed by atoms with van der Waals surface area (Å²) < 4.78 is 45.4. The average Bonchev–Trinajstić information content (AvgIpc) is 2.92. The Balaban J connectivity index is 2.39. The van der Waals surface area contributed by atoms with Gasteiger partial charge >= 0.3 is 6.61 Å². The fraction of sp³-hybridized carbons (Fsp3) is 0.158. The minimum absolute atomic E-state index is 0.0413. The molecule has 2 aromatic carbocycles. The average molecular weight is 373 g/mol. The Morgan fingerprint density at radius 2 is 2.11 bits per heavy atom. The summed E-state index contributed by atoms with van der Waals surface area (Å²) in [5, 5.41) is 4.70. The molecule has 0 saturated heterocycles. The summed E-state index contributed by atoms with van der Waals surface area (Å²) in [5.74, 6) is 0.875. The van der Waals surface area contributed by atoms with Gasteiger partial charge in [-0.1, -0.05) is 5.92 Å². The highest BCUT2D eigenvalue weighted by molar-refractivity contribution is 6.05. The number of rotatable bonds is 5. The van der Waals surface area contributed by atoms with Crippen LogP contribution >= 0.6 is 0 Å². The minimum Gasteiger partial charge on any atom is -0.433 e. The number of amides is 1. The van der Waals surface area contributed by atoms with Crippen LogP contribution in [0, 0.1) is 25.1 Å². The number of nitrogens with zero attached hydrogens (tertiary/aromatic N) is 2. The third kappa shape index (κ3) is 3.44. The maximum atomic E-state index is 13.8. The Morgan fingerprint density at radius 3 is 2.74 bits per heavy atom. The van der Waals surface area contributed by atoms with Crippen molar-refractivity contribution in [2.75, 3.05) is 0 Å². The normalized spacial score (nSPS) is 11.0. The highest BCUT2D eigenvalue weighted by atomic mass is 19.3. The lowest BCUT2D eigenvalue weighted by Crippen LogP contribution is -2.12. The SMILES string of the molecule is C#CCn1nc(-c2cc(F)ccc2C(N)=O)c2cc(C)cc(OC(F)F)c21. The van der Waals surface area contributed by atoms with Gasteiger partial charge in [0.05, 0.1) is 0 Å². The fourth-order valence-corrected chi connectivity index (χ4v) is 2.93. The van der Waals surface area contributed by atoms with E-state index in [1.54, 1.807) is 13.0 Å². The Morgan fingerprint density at radius 1 is 1.37 bits per heavy atom. The van der Waals surface area contributed by atoms with Crippen molar-refractivity contribution >= 4 is 16.8 Å². The quantitative estimate of drug-likeness (QED) is 0.696. The summed E-state index contributed by atoms with van der Waals surface area (Å²) in [7, 11) is 0. The molecule has 3 rings (SSSR count). The first kappa shape index (κ1) is 18.3. The zero-order valence-corrected chi connectivity index (χ0v) is 14.2. The molecule has 0 aliphatic rings. The van der Waals surface area contributed by atoms with Crippen LogP contribution in [0.3, 0.4) is 0 Å². The van der Waals surface area contributed by atoms with E-state index < -0.39 is 18.3 Å². The highest BCUT2D eigenvalue weighted by Crippen LogP contribution is 2.37. The van der Waals surface area contributed by atoms with E-state index in [0.29, 0.717) is 10.9 Å². The first-order valence-electron chi connectivity index (χ1n) is 7.81. The highest BCUT2D eigenvalue weighted by Gasteiger charge is 2.22. The predicted octanol–water partition coefficient (Wildman–Crippen LogP) is 3.48. The molecular weight excluding hydrogens is 359 g/mol. The number of carbonyl (C=O) groups excluding carboxylic acids is 1. The van der Waals surface area contributed by atoms with Crippen LogP contribution in [0.1, 0.15) is 15.9 Å². The molecule has 0 unspecified atom stereocenters. The summed E-state index contributed by atoms with van der Waals surface area (Å²) >= 11 is 0. The van der Waals surface area contributed by atoms with Gasteiger partial charge in [-0.15, -0.1) is 6.42 Å². The molecule has 1 amide bonds. The lowest BCUT2D eigenvalue weighted by molar-refractivity contribution is -0.0490. The standard InChI is InChI=1S/C19H14F3N3O2/c1-3-6-25-17-14(7-10(2)8-15(17)27-19(21)22)16(24-25)13-9-11(20)4-5-12(13)18(23)26/h1,4-5,7-9,19H,6H2,2H3,(H2,23,26). The maximum absolute atomic E-state index is 13.8. The molecule has 138 valence electrons. The zero-order chi connectivity index (χ0) is 19.7. The smallest absolute Gasteiger partial charge is 0.387 e. The first-order chi connectivity index (χ1) is 12.8. The van der Waals surface area contributed by atoms with E-state index in [-0.39, 0.29) is 34.6 Å². The van der Waals surface area contributed by atoms with Crippen LogP contribution in [-0.4, -0.2) is 22.3 Å². The molecular formula is C19H14F3N3O2. The molecule has 0 bridgehead atoms. The van der Waals surface area contributed by atoms with Crippen molar-refractivity contribution in [3.63, 3.8) is 0 Å². The number of aromatic nitrogens is 2. The van der Waals surface area contributed by atoms with E-state index in [4.69, 9.17) is 12.2 Å². The number of nitrogens with two attached hydrogens (primary N) is 1. The van der Waals surface area contributed by atoms with E-state index >= 15 is 0 Å². The predicted molar refractivity (Wildman–Crippen MR) is 93.8 cm³/mol. The molecule has 0 atom stereocenters. The van der Waals surface area contributed by atoms with Crippen LogP contribution < -0.4 is 10.5 Å². The molecule has 3 aromatic rings. The van der Waals surface area contributed by atoms with Crippen molar-refractivity contribution in [3.8, 4) is 29.4 Å². The van der Waals surface area contributed by atoms with Crippen molar-refractivity contribution in [1.29, 1.82) is 0 Å². The molecule has 0 aliphatic heterocycles. The lowest BCUT2D eigenvalue weighted by Gasteiger charge is -2.09. The largest absolute Gasteiger partial charge is 0.433 e. The molecule has 0 spiro atoms. The van der Waals surface area contributed by atoms with Crippen molar-refractivity contribution in [1.82, 2.24) is 9.78 Å². The Labute approximate surface area is 152 Å². The molecule has 0 aliphatic carbocycles. The van der Waals surface area contributed by atoms with Gasteiger partial charge in [-0.05, 0) is 42.8 Å². The van der Waals surface area contributed by atoms with Gasteiger partial charge in [-0.25, -0.2) is 9.07 Å². The second-order valence-corrected chi connectivity index (χ2v) is 5.80. The fourth-order valence-electron chi connectivity index (χ4n) is 2.93. The summed E-state index contributed by atoms with van der Waals surface area (Å²) in [4.78, 5) is 11.8. The van der Waals surface area contributed by atoms with Gasteiger partial charge in [-0.2, -0.15) is 13.9 Å². The van der Waals surface area contributed by atoms with Gasteiger partial charge in [0.15, 0.2) is 5.75 Å². The Bertz CT molecular complexity index is 1080. The molecule has 0 fully saturated rings. The van der Waals surface area contributed by atoms with Gasteiger partial charge in [0.2, 0.25) is 5.91 Å². The van der Waals surface area contributed by atoms with E-state index in [9.17, 15) is 18.0 Å². The summed E-state index contributed by atoms with van der Waals surface area (Å²) in [6.45, 7) is -1.41. The summed E-state index contributed by atoms with van der Waals surface area (Å²) in [6.07, 6.45) is 5.35. The van der Waals surface area contributed by atoms with Gasteiger partial charge in [0.1, 0.15) is 23.6 Å². The number of terminal acetylenes is 1. The van der Waals surface area contributed by atoms with Crippen molar-refractivity contribution < 1.29 is 22.7 Å². The molecule has 0 saturated carbocycles. The third-order valence-electron chi connectivity index (χ3n) is 3.91. The number of halogens is 3. The van der Waals surface area contributed by atoms with Crippen molar-refractivity contribution in [2.45, 2.75) is 20.1 Å². The van der Waals surface area contributed by atoms with Gasteiger partial charge in [-0.3, -0.25) is 4.79 Å². The molecule has 0 radical (unpaired) electrons. The third-order valence-corrected chi connectivity index (χ3v) is 3.91.